The lowest BCUT2D eigenvalue weighted by Gasteiger charge is -2.22. The highest BCUT2D eigenvalue weighted by Gasteiger charge is 2.19. The normalized spacial score (nSPS) is 15.0. The average molecular weight is 376 g/mol. The van der Waals surface area contributed by atoms with Crippen LogP contribution in [0.15, 0.2) is 34.9 Å². The number of aryl methyl sites for hydroxylation is 1. The average Bonchev–Trinajstić information content (AvgIpc) is 3.26. The van der Waals surface area contributed by atoms with Crippen molar-refractivity contribution in [3.63, 3.8) is 0 Å². The molecule has 4 rings (SSSR count). The smallest absolute Gasteiger partial charge is 0.273 e. The summed E-state index contributed by atoms with van der Waals surface area (Å²) in [4.78, 5) is 12.4. The molecule has 0 saturated carbocycles. The van der Waals surface area contributed by atoms with Crippen molar-refractivity contribution in [1.82, 2.24) is 25.6 Å². The Kier molecular flexibility index (Phi) is 5.58. The van der Waals surface area contributed by atoms with Gasteiger partial charge in [-0.05, 0) is 38.9 Å². The molecule has 7 nitrogen and oxygen atoms in total. The van der Waals surface area contributed by atoms with Crippen molar-refractivity contribution >= 4 is 29.3 Å². The van der Waals surface area contributed by atoms with Gasteiger partial charge in [-0.15, -0.1) is 17.5 Å². The van der Waals surface area contributed by atoms with Crippen LogP contribution in [0, 0.1) is 6.92 Å². The van der Waals surface area contributed by atoms with Crippen LogP contribution < -0.4 is 10.6 Å². The molecule has 2 aromatic heterocycles. The molecule has 3 aromatic rings. The summed E-state index contributed by atoms with van der Waals surface area (Å²) >= 11 is 0. The van der Waals surface area contributed by atoms with Gasteiger partial charge in [0.05, 0.1) is 18.8 Å². The number of nitrogens with zero attached hydrogens (tertiary/aromatic N) is 3. The van der Waals surface area contributed by atoms with Gasteiger partial charge < -0.3 is 15.1 Å². The summed E-state index contributed by atoms with van der Waals surface area (Å²) in [5.74, 6) is 0.528. The highest BCUT2D eigenvalue weighted by atomic mass is 35.5. The van der Waals surface area contributed by atoms with Crippen LogP contribution in [0.4, 0.5) is 0 Å². The van der Waals surface area contributed by atoms with Gasteiger partial charge in [0.1, 0.15) is 11.3 Å². The minimum Gasteiger partial charge on any atom is -0.459 e. The van der Waals surface area contributed by atoms with Crippen LogP contribution in [-0.4, -0.2) is 34.0 Å². The van der Waals surface area contributed by atoms with Gasteiger partial charge in [0, 0.05) is 10.9 Å². The number of nitrogens with one attached hydrogen (secondary N) is 2. The quantitative estimate of drug-likeness (QED) is 0.732. The third kappa shape index (κ3) is 3.59. The van der Waals surface area contributed by atoms with E-state index in [1.54, 1.807) is 6.20 Å². The fourth-order valence-electron chi connectivity index (χ4n) is 3.28. The van der Waals surface area contributed by atoms with Gasteiger partial charge in [-0.3, -0.25) is 4.79 Å². The van der Waals surface area contributed by atoms with Crippen molar-refractivity contribution in [3.05, 3.63) is 47.5 Å². The molecule has 0 aliphatic carbocycles. The number of para-hydroxylation sites is 1. The first kappa shape index (κ1) is 18.4. The van der Waals surface area contributed by atoms with Gasteiger partial charge >= 0.3 is 0 Å². The molecule has 1 aliphatic heterocycles. The van der Waals surface area contributed by atoms with E-state index in [4.69, 9.17) is 4.42 Å². The Morgan fingerprint density at radius 3 is 2.88 bits per heavy atom. The largest absolute Gasteiger partial charge is 0.459 e. The van der Waals surface area contributed by atoms with E-state index in [1.807, 2.05) is 35.9 Å². The number of fused-ring (bicyclic) bond motifs is 1. The second-order valence-electron chi connectivity index (χ2n) is 6.39. The first-order valence-corrected chi connectivity index (χ1v) is 8.60. The molecule has 0 spiro atoms. The minimum absolute atomic E-state index is 0. The number of carbonyl (C=O) groups excluding carboxylic acids is 1. The molecule has 0 unspecified atom stereocenters. The van der Waals surface area contributed by atoms with Crippen LogP contribution >= 0.6 is 12.4 Å². The zero-order valence-electron chi connectivity index (χ0n) is 14.6. The molecule has 1 amide bonds. The number of amides is 1. The second-order valence-corrected chi connectivity index (χ2v) is 6.39. The Bertz CT molecular complexity index is 898. The van der Waals surface area contributed by atoms with Gasteiger partial charge in [0.2, 0.25) is 0 Å². The SMILES string of the molecule is Cc1c(CNC(=O)c2cn(C3CCNCC3)nn2)oc2ccccc12.Cl. The molecule has 26 heavy (non-hydrogen) atoms. The molecule has 1 fully saturated rings. The number of benzene rings is 1. The van der Waals surface area contributed by atoms with Gasteiger partial charge in [0.15, 0.2) is 5.69 Å². The molecule has 1 saturated heterocycles. The molecule has 0 bridgehead atoms. The molecule has 8 heteroatoms. The Morgan fingerprint density at radius 2 is 2.12 bits per heavy atom. The first-order valence-electron chi connectivity index (χ1n) is 8.60. The number of hydrogen-bond donors (Lipinski definition) is 2. The number of carbonyl (C=O) groups is 1. The second kappa shape index (κ2) is 7.88. The molecule has 1 aromatic carbocycles. The summed E-state index contributed by atoms with van der Waals surface area (Å²) in [6.07, 6.45) is 3.74. The van der Waals surface area contributed by atoms with E-state index < -0.39 is 0 Å². The van der Waals surface area contributed by atoms with Crippen molar-refractivity contribution < 1.29 is 9.21 Å². The predicted molar refractivity (Wildman–Crippen MR) is 101 cm³/mol. The minimum atomic E-state index is -0.236. The molecule has 138 valence electrons. The summed E-state index contributed by atoms with van der Waals surface area (Å²) in [7, 11) is 0. The van der Waals surface area contributed by atoms with Crippen LogP contribution in [0.3, 0.4) is 0 Å². The van der Waals surface area contributed by atoms with Gasteiger partial charge in [-0.2, -0.15) is 0 Å². The van der Waals surface area contributed by atoms with Crippen molar-refractivity contribution in [3.8, 4) is 0 Å². The van der Waals surface area contributed by atoms with E-state index in [0.29, 0.717) is 18.3 Å². The Hall–Kier alpha value is -2.38. The number of piperidine rings is 1. The predicted octanol–water partition coefficient (Wildman–Crippen LogP) is 2.61. The topological polar surface area (TPSA) is 85.0 Å². The van der Waals surface area contributed by atoms with E-state index >= 15 is 0 Å². The Morgan fingerprint density at radius 1 is 1.35 bits per heavy atom. The van der Waals surface area contributed by atoms with Crippen LogP contribution in [0.25, 0.3) is 11.0 Å². The van der Waals surface area contributed by atoms with Gasteiger partial charge in [-0.1, -0.05) is 23.4 Å². The van der Waals surface area contributed by atoms with Crippen molar-refractivity contribution in [1.29, 1.82) is 0 Å². The van der Waals surface area contributed by atoms with Crippen LogP contribution in [0.2, 0.25) is 0 Å². The van der Waals surface area contributed by atoms with Gasteiger partial charge in [0.25, 0.3) is 5.91 Å². The molecule has 0 radical (unpaired) electrons. The molecule has 1 aliphatic rings. The molecular weight excluding hydrogens is 354 g/mol. The summed E-state index contributed by atoms with van der Waals surface area (Å²) in [6, 6.07) is 8.18. The van der Waals surface area contributed by atoms with Crippen molar-refractivity contribution in [2.45, 2.75) is 32.4 Å². The van der Waals surface area contributed by atoms with Gasteiger partial charge in [-0.25, -0.2) is 4.68 Å². The zero-order chi connectivity index (χ0) is 17.2. The maximum Gasteiger partial charge on any atom is 0.273 e. The number of aromatic nitrogens is 3. The Balaban J connectivity index is 0.00000196. The fourth-order valence-corrected chi connectivity index (χ4v) is 3.28. The summed E-state index contributed by atoms with van der Waals surface area (Å²) in [5.41, 5.74) is 2.22. The first-order chi connectivity index (χ1) is 12.2. The summed E-state index contributed by atoms with van der Waals surface area (Å²) in [6.45, 7) is 4.27. The number of rotatable bonds is 4. The van der Waals surface area contributed by atoms with Crippen LogP contribution in [-0.2, 0) is 6.54 Å². The van der Waals surface area contributed by atoms with E-state index in [0.717, 1.165) is 48.2 Å². The van der Waals surface area contributed by atoms with E-state index in [1.165, 1.54) is 0 Å². The highest BCUT2D eigenvalue weighted by Crippen LogP contribution is 2.24. The lowest BCUT2D eigenvalue weighted by atomic mass is 10.1. The molecule has 2 N–H and O–H groups in total. The molecule has 0 atom stereocenters. The number of halogens is 1. The summed E-state index contributed by atoms with van der Waals surface area (Å²) < 4.78 is 7.63. The fraction of sp³-hybridized carbons (Fsp3) is 0.389. The third-order valence-corrected chi connectivity index (χ3v) is 4.78. The van der Waals surface area contributed by atoms with E-state index in [9.17, 15) is 4.79 Å². The Labute approximate surface area is 157 Å². The number of furan rings is 1. The molecular formula is C18H22ClN5O2. The standard InChI is InChI=1S/C18H21N5O2.ClH/c1-12-14-4-2-3-5-16(14)25-17(12)10-20-18(24)15-11-23(22-21-15)13-6-8-19-9-7-13;/h2-5,11,13,19H,6-10H2,1H3,(H,20,24);1H. The van der Waals surface area contributed by atoms with E-state index in [2.05, 4.69) is 20.9 Å². The third-order valence-electron chi connectivity index (χ3n) is 4.78. The van der Waals surface area contributed by atoms with Crippen LogP contribution in [0.5, 0.6) is 0 Å². The van der Waals surface area contributed by atoms with Crippen molar-refractivity contribution in [2.24, 2.45) is 0 Å². The monoisotopic (exact) mass is 375 g/mol. The summed E-state index contributed by atoms with van der Waals surface area (Å²) in [5, 5.41) is 15.4. The lowest BCUT2D eigenvalue weighted by molar-refractivity contribution is 0.0943. The lowest BCUT2D eigenvalue weighted by Crippen LogP contribution is -2.29. The van der Waals surface area contributed by atoms with Crippen LogP contribution in [0.1, 0.15) is 40.7 Å². The zero-order valence-corrected chi connectivity index (χ0v) is 15.4. The maximum atomic E-state index is 12.4. The number of hydrogen-bond acceptors (Lipinski definition) is 5. The molecule has 3 heterocycles. The van der Waals surface area contributed by atoms with E-state index in [-0.39, 0.29) is 18.3 Å². The maximum absolute atomic E-state index is 12.4. The highest BCUT2D eigenvalue weighted by molar-refractivity contribution is 5.92. The van der Waals surface area contributed by atoms with Crippen molar-refractivity contribution in [2.75, 3.05) is 13.1 Å².